The van der Waals surface area contributed by atoms with Crippen LogP contribution in [0.3, 0.4) is 0 Å². The van der Waals surface area contributed by atoms with Gasteiger partial charge in [-0.2, -0.15) is 0 Å². The molecule has 0 unspecified atom stereocenters. The van der Waals surface area contributed by atoms with E-state index in [0.717, 1.165) is 11.3 Å². The lowest BCUT2D eigenvalue weighted by Crippen LogP contribution is -2.35. The number of thiazole rings is 1. The molecule has 1 atom stereocenters. The lowest BCUT2D eigenvalue weighted by Gasteiger charge is -2.22. The molecule has 1 heterocycles. The fraction of sp³-hybridized carbons (Fsp3) is 0.625. The Balaban J connectivity index is 3.12. The predicted molar refractivity (Wildman–Crippen MR) is 93.1 cm³/mol. The fourth-order valence-corrected chi connectivity index (χ4v) is 3.01. The van der Waals surface area contributed by atoms with E-state index >= 15 is 0 Å². The first-order valence-corrected chi connectivity index (χ1v) is 8.76. The van der Waals surface area contributed by atoms with Crippen molar-refractivity contribution in [1.29, 1.82) is 0 Å². The van der Waals surface area contributed by atoms with E-state index in [2.05, 4.69) is 10.3 Å². The molecule has 0 saturated carbocycles. The molecule has 146 valence electrons. The van der Waals surface area contributed by atoms with Gasteiger partial charge in [0.05, 0.1) is 30.6 Å². The van der Waals surface area contributed by atoms with Gasteiger partial charge in [0, 0.05) is 7.11 Å². The van der Waals surface area contributed by atoms with Crippen molar-refractivity contribution in [2.24, 2.45) is 0 Å². The molecular weight excluding hydrogens is 364 g/mol. The number of esters is 1. The minimum atomic E-state index is -1.13. The SMILES string of the molecule is CCOC(=O)c1nc([C@H](CC(=O)O)NC(=O)OC(C)(C)C)sc1COC. The molecule has 9 nitrogen and oxygen atoms in total. The topological polar surface area (TPSA) is 124 Å². The number of hydrogen-bond acceptors (Lipinski definition) is 8. The average molecular weight is 388 g/mol. The Labute approximate surface area is 155 Å². The maximum Gasteiger partial charge on any atom is 0.408 e. The van der Waals surface area contributed by atoms with Gasteiger partial charge >= 0.3 is 18.0 Å². The van der Waals surface area contributed by atoms with Crippen LogP contribution in [0.5, 0.6) is 0 Å². The number of nitrogens with one attached hydrogen (secondary N) is 1. The summed E-state index contributed by atoms with van der Waals surface area (Å²) in [7, 11) is 1.46. The number of carboxylic acids is 1. The molecule has 0 spiro atoms. The third kappa shape index (κ3) is 6.96. The summed E-state index contributed by atoms with van der Waals surface area (Å²) in [4.78, 5) is 39.9. The number of aromatic nitrogens is 1. The van der Waals surface area contributed by atoms with E-state index in [1.165, 1.54) is 7.11 Å². The minimum Gasteiger partial charge on any atom is -0.481 e. The van der Waals surface area contributed by atoms with Gasteiger partial charge in [-0.05, 0) is 27.7 Å². The molecule has 1 amide bonds. The first-order chi connectivity index (χ1) is 12.1. The number of amides is 1. The summed E-state index contributed by atoms with van der Waals surface area (Å²) in [5, 5.41) is 11.9. The number of carbonyl (C=O) groups is 3. The highest BCUT2D eigenvalue weighted by molar-refractivity contribution is 7.12. The molecule has 26 heavy (non-hydrogen) atoms. The first kappa shape index (κ1) is 21.8. The third-order valence-corrected chi connectivity index (χ3v) is 3.97. The zero-order valence-electron chi connectivity index (χ0n) is 15.5. The molecule has 0 aliphatic heterocycles. The van der Waals surface area contributed by atoms with Crippen molar-refractivity contribution in [2.75, 3.05) is 13.7 Å². The summed E-state index contributed by atoms with van der Waals surface area (Å²) in [5.41, 5.74) is -0.687. The van der Waals surface area contributed by atoms with Gasteiger partial charge < -0.3 is 24.6 Å². The van der Waals surface area contributed by atoms with Crippen LogP contribution in [0.1, 0.15) is 60.5 Å². The minimum absolute atomic E-state index is 0.0510. The summed E-state index contributed by atoms with van der Waals surface area (Å²) in [5.74, 6) is -1.76. The molecule has 0 aliphatic rings. The van der Waals surface area contributed by atoms with Gasteiger partial charge in [-0.1, -0.05) is 0 Å². The van der Waals surface area contributed by atoms with Crippen molar-refractivity contribution in [3.63, 3.8) is 0 Å². The fourth-order valence-electron chi connectivity index (χ4n) is 1.93. The van der Waals surface area contributed by atoms with E-state index in [9.17, 15) is 14.4 Å². The van der Waals surface area contributed by atoms with Crippen molar-refractivity contribution < 1.29 is 33.7 Å². The molecule has 0 radical (unpaired) electrons. The molecule has 2 N–H and O–H groups in total. The van der Waals surface area contributed by atoms with Crippen molar-refractivity contribution in [3.8, 4) is 0 Å². The summed E-state index contributed by atoms with van der Waals surface area (Å²) in [6.07, 6.45) is -1.19. The van der Waals surface area contributed by atoms with Crippen molar-refractivity contribution in [2.45, 2.75) is 52.4 Å². The molecule has 0 aromatic carbocycles. The smallest absolute Gasteiger partial charge is 0.408 e. The van der Waals surface area contributed by atoms with E-state index in [1.807, 2.05) is 0 Å². The Hall–Kier alpha value is -2.20. The summed E-state index contributed by atoms with van der Waals surface area (Å²) in [6, 6.07) is -0.953. The van der Waals surface area contributed by atoms with Crippen LogP contribution in [-0.4, -0.2) is 47.4 Å². The molecule has 0 aliphatic carbocycles. The van der Waals surface area contributed by atoms with Crippen LogP contribution < -0.4 is 5.32 Å². The molecule has 0 saturated heterocycles. The Morgan fingerprint density at radius 2 is 1.96 bits per heavy atom. The lowest BCUT2D eigenvalue weighted by molar-refractivity contribution is -0.137. The number of alkyl carbamates (subject to hydrolysis) is 1. The summed E-state index contributed by atoms with van der Waals surface area (Å²) in [6.45, 7) is 7.02. The van der Waals surface area contributed by atoms with E-state index in [1.54, 1.807) is 27.7 Å². The highest BCUT2D eigenvalue weighted by Crippen LogP contribution is 2.28. The highest BCUT2D eigenvalue weighted by Gasteiger charge is 2.28. The number of carboxylic acid groups (broad SMARTS) is 1. The second kappa shape index (κ2) is 9.48. The molecule has 10 heteroatoms. The average Bonchev–Trinajstić information content (AvgIpc) is 2.89. The number of methoxy groups -OCH3 is 1. The first-order valence-electron chi connectivity index (χ1n) is 7.94. The molecule has 1 aromatic heterocycles. The Bertz CT molecular complexity index is 652. The zero-order chi connectivity index (χ0) is 19.9. The third-order valence-electron chi connectivity index (χ3n) is 2.83. The van der Waals surface area contributed by atoms with Gasteiger partial charge in [0.2, 0.25) is 0 Å². The quantitative estimate of drug-likeness (QED) is 0.651. The molecule has 1 rings (SSSR count). The van der Waals surface area contributed by atoms with Gasteiger partial charge in [-0.3, -0.25) is 4.79 Å². The molecule has 0 fully saturated rings. The number of rotatable bonds is 8. The Morgan fingerprint density at radius 3 is 2.46 bits per heavy atom. The van der Waals surface area contributed by atoms with Crippen molar-refractivity contribution in [1.82, 2.24) is 10.3 Å². The number of carbonyl (C=O) groups excluding carboxylic acids is 2. The van der Waals surface area contributed by atoms with Crippen LogP contribution >= 0.6 is 11.3 Å². The van der Waals surface area contributed by atoms with Crippen molar-refractivity contribution >= 4 is 29.4 Å². The largest absolute Gasteiger partial charge is 0.481 e. The van der Waals surface area contributed by atoms with Crippen LogP contribution in [0.2, 0.25) is 0 Å². The lowest BCUT2D eigenvalue weighted by atomic mass is 10.2. The Kier molecular flexibility index (Phi) is 7.97. The molecule has 1 aromatic rings. The monoisotopic (exact) mass is 388 g/mol. The van der Waals surface area contributed by atoms with Crippen LogP contribution in [0.25, 0.3) is 0 Å². The number of ether oxygens (including phenoxy) is 3. The van der Waals surface area contributed by atoms with Gasteiger partial charge in [-0.25, -0.2) is 14.6 Å². The van der Waals surface area contributed by atoms with E-state index in [4.69, 9.17) is 19.3 Å². The molecular formula is C16H24N2O7S. The highest BCUT2D eigenvalue weighted by atomic mass is 32.1. The predicted octanol–water partition coefficient (Wildman–Crippen LogP) is 2.51. The van der Waals surface area contributed by atoms with Crippen LogP contribution in [0, 0.1) is 0 Å². The number of hydrogen-bond donors (Lipinski definition) is 2. The van der Waals surface area contributed by atoms with Crippen molar-refractivity contribution in [3.05, 3.63) is 15.6 Å². The van der Waals surface area contributed by atoms with Crippen LogP contribution in [0.15, 0.2) is 0 Å². The van der Waals surface area contributed by atoms with E-state index in [-0.39, 0.29) is 23.9 Å². The summed E-state index contributed by atoms with van der Waals surface area (Å²) < 4.78 is 15.2. The second-order valence-electron chi connectivity index (χ2n) is 6.27. The molecule has 0 bridgehead atoms. The van der Waals surface area contributed by atoms with E-state index < -0.39 is 36.1 Å². The van der Waals surface area contributed by atoms with Crippen LogP contribution in [0.4, 0.5) is 4.79 Å². The zero-order valence-corrected chi connectivity index (χ0v) is 16.3. The maximum absolute atomic E-state index is 12.0. The van der Waals surface area contributed by atoms with Gasteiger partial charge in [0.15, 0.2) is 5.69 Å². The Morgan fingerprint density at radius 1 is 1.31 bits per heavy atom. The standard InChI is InChI=1S/C16H24N2O7S/c1-6-24-14(21)12-10(8-23-5)26-13(18-12)9(7-11(19)20)17-15(22)25-16(2,3)4/h9H,6-8H2,1-5H3,(H,17,22)(H,19,20)/t9-/m0/s1. The normalized spacial score (nSPS) is 12.3. The van der Waals surface area contributed by atoms with E-state index in [0.29, 0.717) is 4.88 Å². The van der Waals surface area contributed by atoms with Gasteiger partial charge in [0.25, 0.3) is 0 Å². The van der Waals surface area contributed by atoms with Gasteiger partial charge in [-0.15, -0.1) is 11.3 Å². The maximum atomic E-state index is 12.0. The number of aliphatic carboxylic acids is 1. The van der Waals surface area contributed by atoms with Crippen LogP contribution in [-0.2, 0) is 25.6 Å². The second-order valence-corrected chi connectivity index (χ2v) is 7.39. The summed E-state index contributed by atoms with van der Waals surface area (Å²) >= 11 is 1.08. The number of nitrogens with zero attached hydrogens (tertiary/aromatic N) is 1. The van der Waals surface area contributed by atoms with Gasteiger partial charge in [0.1, 0.15) is 10.6 Å².